The summed E-state index contributed by atoms with van der Waals surface area (Å²) in [6, 6.07) is -0.833. The van der Waals surface area contributed by atoms with Crippen LogP contribution in [0.2, 0.25) is 0 Å². The summed E-state index contributed by atoms with van der Waals surface area (Å²) in [7, 11) is 0. The zero-order chi connectivity index (χ0) is 16.7. The molecule has 0 aromatic rings. The molecule has 0 bridgehead atoms. The fourth-order valence-electron chi connectivity index (χ4n) is 0.964. The van der Waals surface area contributed by atoms with Crippen LogP contribution in [0.3, 0.4) is 0 Å². The van der Waals surface area contributed by atoms with Crippen molar-refractivity contribution in [3.05, 3.63) is 0 Å². The van der Waals surface area contributed by atoms with E-state index in [0.717, 1.165) is 26.2 Å². The van der Waals surface area contributed by atoms with Crippen LogP contribution in [-0.2, 0) is 44.7 Å². The molecule has 0 aliphatic rings. The van der Waals surface area contributed by atoms with Gasteiger partial charge in [-0.1, -0.05) is 8.64 Å². The van der Waals surface area contributed by atoms with E-state index in [1.54, 1.807) is 0 Å². The van der Waals surface area contributed by atoms with Crippen molar-refractivity contribution in [3.63, 3.8) is 0 Å². The monoisotopic (exact) mass is 420 g/mol. The number of hydrogen-bond acceptors (Lipinski definition) is 5. The first-order valence-corrected chi connectivity index (χ1v) is 7.77. The fourth-order valence-corrected chi connectivity index (χ4v) is 2.00. The third kappa shape index (κ3) is 25.4. The molecule has 2 amide bonds. The molecule has 4 N–H and O–H groups in total. The van der Waals surface area contributed by atoms with Crippen LogP contribution < -0.4 is 11.5 Å². The van der Waals surface area contributed by atoms with Crippen molar-refractivity contribution in [2.45, 2.75) is 27.7 Å². The van der Waals surface area contributed by atoms with Gasteiger partial charge in [-0.15, -0.1) is 0 Å². The maximum absolute atomic E-state index is 9.00. The largest absolute Gasteiger partial charge is 2.00 e. The first kappa shape index (κ1) is 29.2. The van der Waals surface area contributed by atoms with Gasteiger partial charge in [0.05, 0.1) is 0 Å². The van der Waals surface area contributed by atoms with Gasteiger partial charge in [0, 0.05) is 26.2 Å². The summed E-state index contributed by atoms with van der Waals surface area (Å²) in [4.78, 5) is 12.9. The molecular weight excluding hydrogens is 398 g/mol. The standard InChI is InChI=1S/2C5H11NS2.CH4N2O.Zn/c2*1-3-6(4-2)5(7)8;2-1(3)4;/h2*3-4H2,1-2H3,(H,7,8);(H4,2,3,4);/q;;;+2/p-2. The van der Waals surface area contributed by atoms with Gasteiger partial charge in [0.1, 0.15) is 0 Å². The maximum atomic E-state index is 9.00. The zero-order valence-corrected chi connectivity index (χ0v) is 19.4. The number of carbonyl (C=O) groups excluding carboxylic acids is 1. The number of rotatable bonds is 4. The second-order valence-electron chi connectivity index (χ2n) is 3.28. The van der Waals surface area contributed by atoms with Crippen molar-refractivity contribution in [2.24, 2.45) is 11.5 Å². The molecule has 0 saturated heterocycles. The van der Waals surface area contributed by atoms with Gasteiger partial charge in [-0.3, -0.25) is 0 Å². The second kappa shape index (κ2) is 20.1. The van der Waals surface area contributed by atoms with Crippen LogP contribution in [0.5, 0.6) is 0 Å². The minimum absolute atomic E-state index is 0. The Morgan fingerprint density at radius 2 is 1.00 bits per heavy atom. The molecular formula is C11H24N4OS4Zn. The van der Waals surface area contributed by atoms with Crippen LogP contribution in [0.25, 0.3) is 0 Å². The van der Waals surface area contributed by atoms with E-state index in [1.807, 2.05) is 37.5 Å². The van der Waals surface area contributed by atoms with Crippen molar-refractivity contribution >= 4 is 64.4 Å². The van der Waals surface area contributed by atoms with Crippen LogP contribution in [0.15, 0.2) is 0 Å². The quantitative estimate of drug-likeness (QED) is 0.403. The zero-order valence-electron chi connectivity index (χ0n) is 13.1. The first-order chi connectivity index (χ1) is 9.17. The molecule has 0 heterocycles. The van der Waals surface area contributed by atoms with Crippen LogP contribution in [-0.4, -0.2) is 50.7 Å². The van der Waals surface area contributed by atoms with Gasteiger partial charge in [-0.05, 0) is 27.7 Å². The minimum Gasteiger partial charge on any atom is -0.411 e. The number of amides is 2. The normalized spacial score (nSPS) is 7.81. The summed E-state index contributed by atoms with van der Waals surface area (Å²) in [6.45, 7) is 11.9. The van der Waals surface area contributed by atoms with Gasteiger partial charge in [0.15, 0.2) is 0 Å². The molecule has 21 heavy (non-hydrogen) atoms. The van der Waals surface area contributed by atoms with Crippen LogP contribution in [0.4, 0.5) is 4.79 Å². The average molecular weight is 422 g/mol. The van der Waals surface area contributed by atoms with Crippen LogP contribution >= 0.6 is 24.4 Å². The van der Waals surface area contributed by atoms with Gasteiger partial charge >= 0.3 is 25.5 Å². The SMILES string of the molecule is CCN(CC)C(=S)[S-].CCN(CC)C(=S)[S-].NC(N)=O.[Zn+2]. The molecule has 0 rings (SSSR count). The summed E-state index contributed by atoms with van der Waals surface area (Å²) in [6.07, 6.45) is 0. The predicted octanol–water partition coefficient (Wildman–Crippen LogP) is 1.34. The number of urea groups is 1. The molecule has 0 saturated carbocycles. The Bertz CT molecular complexity index is 261. The second-order valence-corrected chi connectivity index (χ2v) is 5.34. The summed E-state index contributed by atoms with van der Waals surface area (Å²) < 4.78 is 1.16. The number of nitrogens with zero attached hydrogens (tertiary/aromatic N) is 2. The van der Waals surface area contributed by atoms with Gasteiger partial charge < -0.3 is 71.0 Å². The third-order valence-corrected chi connectivity index (χ3v) is 3.08. The van der Waals surface area contributed by atoms with E-state index in [0.29, 0.717) is 8.64 Å². The van der Waals surface area contributed by atoms with Gasteiger partial charge in [0.25, 0.3) is 0 Å². The Kier molecular flexibility index (Phi) is 27.9. The number of thiocarbonyl (C=S) groups is 2. The molecule has 120 valence electrons. The fraction of sp³-hybridized carbons (Fsp3) is 0.727. The molecule has 0 aromatic carbocycles. The maximum Gasteiger partial charge on any atom is 2.00 e. The van der Waals surface area contributed by atoms with E-state index in [-0.39, 0.29) is 19.5 Å². The van der Waals surface area contributed by atoms with E-state index in [4.69, 9.17) is 54.5 Å². The third-order valence-electron chi connectivity index (χ3n) is 2.04. The van der Waals surface area contributed by atoms with Crippen LogP contribution in [0, 0.1) is 0 Å². The Hall–Kier alpha value is 0.113. The number of primary amides is 2. The molecule has 0 radical (unpaired) electrons. The predicted molar refractivity (Wildman–Crippen MR) is 99.5 cm³/mol. The molecule has 10 heteroatoms. The van der Waals surface area contributed by atoms with Gasteiger partial charge in [-0.25, -0.2) is 4.79 Å². The van der Waals surface area contributed by atoms with Crippen molar-refractivity contribution in [1.29, 1.82) is 0 Å². The molecule has 0 unspecified atom stereocenters. The summed E-state index contributed by atoms with van der Waals surface area (Å²) >= 11 is 19.0. The van der Waals surface area contributed by atoms with Crippen molar-refractivity contribution in [3.8, 4) is 0 Å². The Morgan fingerprint density at radius 1 is 0.857 bits per heavy atom. The summed E-state index contributed by atoms with van der Waals surface area (Å²) in [5.41, 5.74) is 8.50. The topological polar surface area (TPSA) is 75.6 Å². The van der Waals surface area contributed by atoms with E-state index >= 15 is 0 Å². The van der Waals surface area contributed by atoms with Gasteiger partial charge in [0.2, 0.25) is 0 Å². The summed E-state index contributed by atoms with van der Waals surface area (Å²) in [5, 5.41) is 0. The van der Waals surface area contributed by atoms with E-state index in [1.165, 1.54) is 0 Å². The number of hydrogen-bond donors (Lipinski definition) is 2. The number of nitrogens with two attached hydrogens (primary N) is 2. The first-order valence-electron chi connectivity index (χ1n) is 6.14. The van der Waals surface area contributed by atoms with Gasteiger partial charge in [-0.2, -0.15) is 0 Å². The molecule has 0 aliphatic carbocycles. The smallest absolute Gasteiger partial charge is 0.411 e. The number of carbonyl (C=O) groups is 1. The van der Waals surface area contributed by atoms with E-state index < -0.39 is 6.03 Å². The minimum atomic E-state index is -0.833. The molecule has 5 nitrogen and oxygen atoms in total. The Morgan fingerprint density at radius 3 is 1.00 bits per heavy atom. The van der Waals surface area contributed by atoms with E-state index in [2.05, 4.69) is 11.5 Å². The van der Waals surface area contributed by atoms with E-state index in [9.17, 15) is 0 Å². The van der Waals surface area contributed by atoms with Crippen molar-refractivity contribution in [1.82, 2.24) is 9.80 Å². The molecule has 0 spiro atoms. The average Bonchev–Trinajstić information content (AvgIpc) is 2.31. The Balaban J connectivity index is -0.000000107. The van der Waals surface area contributed by atoms with Crippen LogP contribution in [0.1, 0.15) is 27.7 Å². The van der Waals surface area contributed by atoms with Crippen molar-refractivity contribution in [2.75, 3.05) is 26.2 Å². The molecule has 0 aliphatic heterocycles. The summed E-state index contributed by atoms with van der Waals surface area (Å²) in [5.74, 6) is 0. The molecule has 0 atom stereocenters. The molecule has 0 fully saturated rings. The Labute approximate surface area is 163 Å². The molecule has 0 aromatic heterocycles. The van der Waals surface area contributed by atoms with Crippen molar-refractivity contribution < 1.29 is 24.3 Å².